The number of ether oxygens (including phenoxy) is 1. The molecule has 0 spiro atoms. The summed E-state index contributed by atoms with van der Waals surface area (Å²) in [6.45, 7) is 2.53. The smallest absolute Gasteiger partial charge is 0.363 e. The summed E-state index contributed by atoms with van der Waals surface area (Å²) in [7, 11) is 0. The summed E-state index contributed by atoms with van der Waals surface area (Å²) < 4.78 is 5.48. The maximum atomic E-state index is 11.0. The zero-order chi connectivity index (χ0) is 15.9. The average Bonchev–Trinajstić information content (AvgIpc) is 2.46. The molecule has 0 aliphatic heterocycles. The van der Waals surface area contributed by atoms with E-state index < -0.39 is 5.69 Å². The Labute approximate surface area is 136 Å². The first-order valence-electron chi connectivity index (χ1n) is 6.42. The summed E-state index contributed by atoms with van der Waals surface area (Å²) in [6.07, 6.45) is 3.68. The molecule has 0 amide bonds. The molecule has 2 N–H and O–H groups in total. The van der Waals surface area contributed by atoms with E-state index in [0.717, 1.165) is 6.42 Å². The van der Waals surface area contributed by atoms with Crippen LogP contribution in [0.2, 0.25) is 10.0 Å². The second kappa shape index (κ2) is 7.77. The summed E-state index contributed by atoms with van der Waals surface area (Å²) >= 11 is 12.3. The van der Waals surface area contributed by atoms with E-state index in [1.807, 2.05) is 6.92 Å². The number of anilines is 1. The molecular formula is C13H13Cl2N5O2. The second-order valence-electron chi connectivity index (χ2n) is 4.20. The molecule has 0 fully saturated rings. The summed E-state index contributed by atoms with van der Waals surface area (Å²) in [5, 5.41) is 10.5. The van der Waals surface area contributed by atoms with Crippen molar-refractivity contribution in [1.29, 1.82) is 0 Å². The van der Waals surface area contributed by atoms with E-state index in [0.29, 0.717) is 28.0 Å². The van der Waals surface area contributed by atoms with Crippen molar-refractivity contribution in [2.75, 3.05) is 12.0 Å². The summed E-state index contributed by atoms with van der Waals surface area (Å²) in [6, 6.07) is 3.35. The number of nitrogens with one attached hydrogen (secondary N) is 2. The highest BCUT2D eigenvalue weighted by Crippen LogP contribution is 2.33. The van der Waals surface area contributed by atoms with E-state index >= 15 is 0 Å². The second-order valence-corrected chi connectivity index (χ2v) is 5.02. The van der Waals surface area contributed by atoms with E-state index in [4.69, 9.17) is 27.9 Å². The highest BCUT2D eigenvalue weighted by atomic mass is 35.5. The van der Waals surface area contributed by atoms with Gasteiger partial charge in [0.25, 0.3) is 0 Å². The van der Waals surface area contributed by atoms with Gasteiger partial charge in [0, 0.05) is 0 Å². The number of aromatic amines is 1. The van der Waals surface area contributed by atoms with Gasteiger partial charge >= 0.3 is 5.69 Å². The molecule has 22 heavy (non-hydrogen) atoms. The van der Waals surface area contributed by atoms with Crippen molar-refractivity contribution in [2.45, 2.75) is 13.3 Å². The molecule has 0 aliphatic carbocycles. The van der Waals surface area contributed by atoms with Gasteiger partial charge in [-0.05, 0) is 24.1 Å². The van der Waals surface area contributed by atoms with Crippen molar-refractivity contribution in [2.24, 2.45) is 5.10 Å². The lowest BCUT2D eigenvalue weighted by molar-refractivity contribution is 0.318. The minimum absolute atomic E-state index is 0.222. The fourth-order valence-electron chi connectivity index (χ4n) is 1.53. The molecule has 2 aromatic rings. The van der Waals surface area contributed by atoms with Crippen LogP contribution in [0.3, 0.4) is 0 Å². The monoisotopic (exact) mass is 341 g/mol. The predicted molar refractivity (Wildman–Crippen MR) is 86.1 cm³/mol. The Morgan fingerprint density at radius 1 is 1.41 bits per heavy atom. The Morgan fingerprint density at radius 2 is 2.14 bits per heavy atom. The van der Waals surface area contributed by atoms with E-state index in [-0.39, 0.29) is 5.82 Å². The molecule has 9 heteroatoms. The van der Waals surface area contributed by atoms with Crippen LogP contribution in [0.25, 0.3) is 0 Å². The number of hydrogen-bond donors (Lipinski definition) is 2. The highest BCUT2D eigenvalue weighted by Gasteiger charge is 2.08. The molecule has 1 aromatic heterocycles. The molecule has 0 radical (unpaired) electrons. The predicted octanol–water partition coefficient (Wildman–Crippen LogP) is 2.71. The van der Waals surface area contributed by atoms with Crippen LogP contribution >= 0.6 is 23.2 Å². The van der Waals surface area contributed by atoms with E-state index in [2.05, 4.69) is 25.7 Å². The van der Waals surface area contributed by atoms with Crippen molar-refractivity contribution >= 4 is 35.2 Å². The summed E-state index contributed by atoms with van der Waals surface area (Å²) in [4.78, 5) is 14.6. The lowest BCUT2D eigenvalue weighted by Gasteiger charge is -2.09. The fraction of sp³-hybridized carbons (Fsp3) is 0.231. The number of aromatic nitrogens is 3. The maximum Gasteiger partial charge on any atom is 0.363 e. The van der Waals surface area contributed by atoms with Crippen molar-refractivity contribution in [3.63, 3.8) is 0 Å². The van der Waals surface area contributed by atoms with Gasteiger partial charge in [0.15, 0.2) is 11.6 Å². The van der Waals surface area contributed by atoms with Gasteiger partial charge in [0.1, 0.15) is 0 Å². The van der Waals surface area contributed by atoms with Gasteiger partial charge in [-0.15, -0.1) is 0 Å². The van der Waals surface area contributed by atoms with Gasteiger partial charge in [-0.1, -0.05) is 30.1 Å². The van der Waals surface area contributed by atoms with Gasteiger partial charge in [-0.25, -0.2) is 9.89 Å². The highest BCUT2D eigenvalue weighted by molar-refractivity contribution is 6.37. The van der Waals surface area contributed by atoms with Crippen molar-refractivity contribution in [1.82, 2.24) is 15.2 Å². The molecule has 0 saturated carbocycles. The van der Waals surface area contributed by atoms with Crippen LogP contribution in [0, 0.1) is 0 Å². The Kier molecular flexibility index (Phi) is 5.74. The molecule has 2 rings (SSSR count). The van der Waals surface area contributed by atoms with E-state index in [1.54, 1.807) is 12.1 Å². The third-order valence-corrected chi connectivity index (χ3v) is 2.99. The number of benzene rings is 1. The van der Waals surface area contributed by atoms with Crippen LogP contribution in [-0.4, -0.2) is 28.0 Å². The lowest BCUT2D eigenvalue weighted by atomic mass is 10.2. The Bertz CT molecular complexity index is 709. The zero-order valence-electron chi connectivity index (χ0n) is 11.6. The molecule has 116 valence electrons. The molecule has 0 bridgehead atoms. The average molecular weight is 342 g/mol. The lowest BCUT2D eigenvalue weighted by Crippen LogP contribution is -2.13. The molecule has 0 aliphatic rings. The molecule has 1 aromatic carbocycles. The summed E-state index contributed by atoms with van der Waals surface area (Å²) in [5.74, 6) is 0.677. The maximum absolute atomic E-state index is 11.0. The standard InChI is InChI=1S/C13H13Cl2N5O2/c1-2-3-22-12-9(14)4-8(5-10(12)15)6-16-19-11-7-17-20-13(21)18-11/h4-7H,2-3H2,1H3,(H2,18,19,20,21)/b16-6+. The number of H-pyrrole nitrogens is 1. The zero-order valence-corrected chi connectivity index (χ0v) is 13.1. The Morgan fingerprint density at radius 3 is 2.77 bits per heavy atom. The molecule has 1 heterocycles. The van der Waals surface area contributed by atoms with Crippen molar-refractivity contribution in [3.05, 3.63) is 44.4 Å². The number of rotatable bonds is 6. The molecule has 0 unspecified atom stereocenters. The van der Waals surface area contributed by atoms with Crippen LogP contribution in [-0.2, 0) is 0 Å². The summed E-state index contributed by atoms with van der Waals surface area (Å²) in [5.41, 5.74) is 2.68. The van der Waals surface area contributed by atoms with Crippen LogP contribution in [0.15, 0.2) is 28.2 Å². The van der Waals surface area contributed by atoms with Gasteiger partial charge in [-0.3, -0.25) is 5.43 Å². The minimum atomic E-state index is -0.566. The first kappa shape index (κ1) is 16.3. The van der Waals surface area contributed by atoms with Gasteiger partial charge in [0.05, 0.1) is 29.1 Å². The number of hydrogen-bond acceptors (Lipinski definition) is 6. The van der Waals surface area contributed by atoms with Crippen LogP contribution in [0.5, 0.6) is 5.75 Å². The van der Waals surface area contributed by atoms with Crippen molar-refractivity contribution < 1.29 is 4.74 Å². The van der Waals surface area contributed by atoms with Crippen LogP contribution in [0.1, 0.15) is 18.9 Å². The van der Waals surface area contributed by atoms with Gasteiger partial charge in [0.2, 0.25) is 0 Å². The molecule has 7 nitrogen and oxygen atoms in total. The topological polar surface area (TPSA) is 92.3 Å². The first-order chi connectivity index (χ1) is 10.6. The van der Waals surface area contributed by atoms with Gasteiger partial charge < -0.3 is 4.74 Å². The number of nitrogens with zero attached hydrogens (tertiary/aromatic N) is 3. The number of hydrazone groups is 1. The fourth-order valence-corrected chi connectivity index (χ4v) is 2.15. The first-order valence-corrected chi connectivity index (χ1v) is 7.18. The number of halogens is 2. The third kappa shape index (κ3) is 4.44. The Balaban J connectivity index is 2.09. The SMILES string of the molecule is CCCOc1c(Cl)cc(/C=N/Nc2cn[nH]c(=O)n2)cc1Cl. The van der Waals surface area contributed by atoms with Gasteiger partial charge in [-0.2, -0.15) is 15.2 Å². The molecular weight excluding hydrogens is 329 g/mol. The quantitative estimate of drug-likeness (QED) is 0.622. The van der Waals surface area contributed by atoms with E-state index in [1.165, 1.54) is 12.4 Å². The largest absolute Gasteiger partial charge is 0.490 e. The normalized spacial score (nSPS) is 10.9. The van der Waals surface area contributed by atoms with Crippen LogP contribution < -0.4 is 15.9 Å². The molecule has 0 atom stereocenters. The minimum Gasteiger partial charge on any atom is -0.490 e. The van der Waals surface area contributed by atoms with E-state index in [9.17, 15) is 4.79 Å². The van der Waals surface area contributed by atoms with Crippen molar-refractivity contribution in [3.8, 4) is 5.75 Å². The third-order valence-electron chi connectivity index (χ3n) is 2.43. The molecule has 0 saturated heterocycles. The van der Waals surface area contributed by atoms with Crippen LogP contribution in [0.4, 0.5) is 5.82 Å². The Hall–Kier alpha value is -2.12.